The van der Waals surface area contributed by atoms with Gasteiger partial charge in [0.25, 0.3) is 0 Å². The molecule has 0 fully saturated rings. The zero-order valence-electron chi connectivity index (χ0n) is 55.5. The molecule has 0 radical (unpaired) electrons. The van der Waals surface area contributed by atoms with E-state index in [-0.39, 0.29) is 47.5 Å². The van der Waals surface area contributed by atoms with E-state index in [1.807, 2.05) is 24.3 Å². The van der Waals surface area contributed by atoms with Crippen molar-refractivity contribution in [1.29, 1.82) is 0 Å². The molecule has 0 aliphatic heterocycles. The Kier molecular flexibility index (Phi) is 48.8. The molecule has 0 atom stereocenters. The molecule has 0 unspecified atom stereocenters. The van der Waals surface area contributed by atoms with Crippen molar-refractivity contribution in [2.45, 2.75) is 371 Å². The maximum Gasteiger partial charge on any atom is 2.00 e. The van der Waals surface area contributed by atoms with E-state index in [1.54, 1.807) is 12.1 Å². The summed E-state index contributed by atoms with van der Waals surface area (Å²) in [6, 6.07) is 19.7. The number of hydrogen-bond donors (Lipinski definition) is 0. The van der Waals surface area contributed by atoms with Crippen molar-refractivity contribution < 1.29 is 25.9 Å². The second kappa shape index (κ2) is 52.1. The first-order chi connectivity index (χ1) is 40.9. The van der Waals surface area contributed by atoms with Gasteiger partial charge in [0.05, 0.1) is 9.79 Å². The molecule has 0 spiro atoms. The molecule has 0 saturated carbocycles. The monoisotopic (exact) mass is 1240 g/mol. The number of unbranched alkanes of at least 4 members (excludes halogenated alkanes) is 44. The maximum atomic E-state index is 12.2. The Hall–Kier alpha value is -1.52. The molecule has 0 N–H and O–H groups in total. The summed E-state index contributed by atoms with van der Waals surface area (Å²) >= 11 is 0. The van der Waals surface area contributed by atoms with Gasteiger partial charge < -0.3 is 9.11 Å². The average Bonchev–Trinajstić information content (AvgIpc) is 3.52. The van der Waals surface area contributed by atoms with Crippen LogP contribution < -0.4 is 0 Å². The molecule has 480 valence electrons. The number of hydrogen-bond acceptors (Lipinski definition) is 6. The summed E-state index contributed by atoms with van der Waals surface area (Å²) in [6.45, 7) is 9.07. The Balaban J connectivity index is 0.000000573. The van der Waals surface area contributed by atoms with Gasteiger partial charge in [0, 0.05) is 0 Å². The number of aryl methyl sites for hydroxylation is 4. The Labute approximate surface area is 555 Å². The van der Waals surface area contributed by atoms with E-state index in [2.05, 4.69) is 52.0 Å². The van der Waals surface area contributed by atoms with E-state index in [9.17, 15) is 25.9 Å². The van der Waals surface area contributed by atoms with Crippen molar-refractivity contribution in [3.8, 4) is 0 Å². The summed E-state index contributed by atoms with van der Waals surface area (Å²) in [4.78, 5) is -0.0732. The number of fused-ring (bicyclic) bond motifs is 2. The largest absolute Gasteiger partial charge is 2.00 e. The van der Waals surface area contributed by atoms with Crippen LogP contribution in [0.25, 0.3) is 21.5 Å². The van der Waals surface area contributed by atoms with Crippen molar-refractivity contribution in [3.63, 3.8) is 0 Å². The normalized spacial score (nSPS) is 11.8. The molecule has 0 aliphatic carbocycles. The second-order valence-corrected chi connectivity index (χ2v) is 28.5. The molecule has 0 bridgehead atoms. The molecule has 0 aromatic heterocycles. The molecule has 0 heterocycles. The van der Waals surface area contributed by atoms with Gasteiger partial charge in [0.15, 0.2) is 0 Å². The third kappa shape index (κ3) is 39.4. The van der Waals surface area contributed by atoms with Crippen LogP contribution in [0.4, 0.5) is 0 Å². The first kappa shape index (κ1) is 79.6. The predicted octanol–water partition coefficient (Wildman–Crippen LogP) is 24.1. The number of benzene rings is 4. The van der Waals surface area contributed by atoms with Gasteiger partial charge in [-0.1, -0.05) is 347 Å². The van der Waals surface area contributed by atoms with E-state index in [0.717, 1.165) is 97.2 Å². The fourth-order valence-corrected chi connectivity index (χ4v) is 14.0. The van der Waals surface area contributed by atoms with Crippen LogP contribution in [0.3, 0.4) is 0 Å². The topological polar surface area (TPSA) is 114 Å². The molecule has 4 aromatic carbocycles. The van der Waals surface area contributed by atoms with Crippen molar-refractivity contribution in [2.24, 2.45) is 0 Å². The molecule has 0 amide bonds. The zero-order chi connectivity index (χ0) is 60.6. The molecular formula is C76H126CaO6S2. The van der Waals surface area contributed by atoms with Crippen LogP contribution in [0.1, 0.15) is 358 Å². The summed E-state index contributed by atoms with van der Waals surface area (Å²) in [5.74, 6) is 0. The van der Waals surface area contributed by atoms with Gasteiger partial charge in [-0.15, -0.1) is 0 Å². The van der Waals surface area contributed by atoms with Crippen LogP contribution >= 0.6 is 0 Å². The van der Waals surface area contributed by atoms with Crippen LogP contribution in [-0.2, 0) is 45.9 Å². The van der Waals surface area contributed by atoms with Gasteiger partial charge in [0.1, 0.15) is 20.2 Å². The van der Waals surface area contributed by atoms with Crippen molar-refractivity contribution in [1.82, 2.24) is 0 Å². The van der Waals surface area contributed by atoms with E-state index >= 15 is 0 Å². The maximum absolute atomic E-state index is 12.2. The minimum absolute atomic E-state index is 0. The van der Waals surface area contributed by atoms with E-state index in [4.69, 9.17) is 0 Å². The summed E-state index contributed by atoms with van der Waals surface area (Å²) in [5, 5.41) is 2.94. The third-order valence-electron chi connectivity index (χ3n) is 17.9. The Morgan fingerprint density at radius 3 is 0.635 bits per heavy atom. The smallest absolute Gasteiger partial charge is 0.744 e. The van der Waals surface area contributed by atoms with Gasteiger partial charge in [-0.05, 0) is 119 Å². The summed E-state index contributed by atoms with van der Waals surface area (Å²) in [7, 11) is -9.04. The minimum Gasteiger partial charge on any atom is -0.744 e. The minimum atomic E-state index is -4.52. The molecule has 4 aromatic rings. The summed E-state index contributed by atoms with van der Waals surface area (Å²) in [5.41, 5.74) is 4.21. The summed E-state index contributed by atoms with van der Waals surface area (Å²) < 4.78 is 73.2. The van der Waals surface area contributed by atoms with Crippen LogP contribution in [0.2, 0.25) is 0 Å². The van der Waals surface area contributed by atoms with Crippen LogP contribution in [0.5, 0.6) is 0 Å². The fraction of sp³-hybridized carbons (Fsp3) is 0.737. The number of rotatable bonds is 54. The third-order valence-corrected chi connectivity index (χ3v) is 19.6. The first-order valence-electron chi connectivity index (χ1n) is 35.9. The van der Waals surface area contributed by atoms with Crippen LogP contribution in [0.15, 0.2) is 70.5 Å². The molecule has 4 rings (SSSR count). The van der Waals surface area contributed by atoms with Gasteiger partial charge in [-0.2, -0.15) is 0 Å². The van der Waals surface area contributed by atoms with Crippen LogP contribution in [0, 0.1) is 0 Å². The van der Waals surface area contributed by atoms with E-state index in [1.165, 1.54) is 270 Å². The zero-order valence-corrected chi connectivity index (χ0v) is 59.4. The Morgan fingerprint density at radius 2 is 0.435 bits per heavy atom. The molecule has 9 heteroatoms. The summed E-state index contributed by atoms with van der Waals surface area (Å²) in [6.07, 6.45) is 66.5. The van der Waals surface area contributed by atoms with Gasteiger partial charge in [-0.25, -0.2) is 16.8 Å². The average molecular weight is 1240 g/mol. The van der Waals surface area contributed by atoms with E-state index in [0.29, 0.717) is 10.8 Å². The Morgan fingerprint density at radius 1 is 0.247 bits per heavy atom. The molecule has 0 aliphatic rings. The molecule has 85 heavy (non-hydrogen) atoms. The van der Waals surface area contributed by atoms with Gasteiger partial charge in [0.2, 0.25) is 0 Å². The molecule has 0 saturated heterocycles. The standard InChI is InChI=1S/2C38H64O3S.Ca/c2*1-3-5-7-9-11-13-15-17-19-21-23-25-27-34-29-30-36-31-35(33-38(37(36)32-34)42(39,40)41)28-26-24-22-20-18-16-14-12-10-8-6-4-2;/h2*29-33H,3-28H2,1-2H3,(H,39,40,41);/q;;+2/p-2. The van der Waals surface area contributed by atoms with Crippen LogP contribution in [-0.4, -0.2) is 63.7 Å². The SMILES string of the molecule is CCCCCCCCCCCCCCc1cc(S(=O)(=O)[O-])c2cc(CCCCCCCCCCCCCC)ccc2c1.CCCCCCCCCCCCCCc1cc(S(=O)(=O)[O-])c2cc(CCCCCCCCCCCCCC)ccc2c1.[Ca+2]. The van der Waals surface area contributed by atoms with E-state index < -0.39 is 20.2 Å². The fourth-order valence-electron chi connectivity index (χ4n) is 12.6. The van der Waals surface area contributed by atoms with Crippen molar-refractivity contribution >= 4 is 79.5 Å². The van der Waals surface area contributed by atoms with Crippen molar-refractivity contribution in [3.05, 3.63) is 82.9 Å². The van der Waals surface area contributed by atoms with Gasteiger partial charge in [-0.3, -0.25) is 0 Å². The predicted molar refractivity (Wildman–Crippen MR) is 369 cm³/mol. The van der Waals surface area contributed by atoms with Crippen molar-refractivity contribution in [2.75, 3.05) is 0 Å². The Bertz CT molecular complexity index is 2300. The first-order valence-corrected chi connectivity index (χ1v) is 38.8. The molecule has 6 nitrogen and oxygen atoms in total. The quantitative estimate of drug-likeness (QED) is 0.0247. The second-order valence-electron chi connectivity index (χ2n) is 25.8. The molecular weight excluding hydrogens is 1110 g/mol. The van der Waals surface area contributed by atoms with Gasteiger partial charge >= 0.3 is 37.7 Å².